The maximum absolute atomic E-state index is 11.7. The Kier molecular flexibility index (Phi) is 4.28. The molecule has 2 unspecified atom stereocenters. The van der Waals surface area contributed by atoms with Gasteiger partial charge in [0.2, 0.25) is 0 Å². The van der Waals surface area contributed by atoms with Crippen LogP contribution in [0.1, 0.15) is 39.5 Å². The summed E-state index contributed by atoms with van der Waals surface area (Å²) in [5.41, 5.74) is -0.697. The fourth-order valence-corrected chi connectivity index (χ4v) is 3.28. The van der Waals surface area contributed by atoms with Gasteiger partial charge in [0.15, 0.2) is 0 Å². The lowest BCUT2D eigenvalue weighted by Crippen LogP contribution is -2.60. The predicted molar refractivity (Wildman–Crippen MR) is 71.6 cm³/mol. The summed E-state index contributed by atoms with van der Waals surface area (Å²) in [6, 6.07) is 0. The Morgan fingerprint density at radius 3 is 2.56 bits per heavy atom. The van der Waals surface area contributed by atoms with Crippen LogP contribution in [0.2, 0.25) is 0 Å². The highest BCUT2D eigenvalue weighted by molar-refractivity contribution is 5.80. The second-order valence-electron chi connectivity index (χ2n) is 5.88. The molecule has 1 heterocycles. The fraction of sp³-hybridized carbons (Fsp3) is 0.929. The summed E-state index contributed by atoms with van der Waals surface area (Å²) in [4.78, 5) is 14.1. The first-order chi connectivity index (χ1) is 8.62. The molecule has 1 saturated heterocycles. The molecule has 2 fully saturated rings. The van der Waals surface area contributed by atoms with E-state index in [-0.39, 0.29) is 0 Å². The van der Waals surface area contributed by atoms with Crippen molar-refractivity contribution in [3.05, 3.63) is 0 Å². The number of likely N-dealkylation sites (tertiary alicyclic amines) is 1. The molecule has 0 radical (unpaired) electrons. The minimum atomic E-state index is -0.697. The Balaban J connectivity index is 2.03. The van der Waals surface area contributed by atoms with Crippen molar-refractivity contribution in [3.63, 3.8) is 0 Å². The third-order valence-corrected chi connectivity index (χ3v) is 4.57. The van der Waals surface area contributed by atoms with E-state index in [2.05, 4.69) is 17.1 Å². The number of carboxylic acids is 1. The molecule has 2 atom stereocenters. The molecule has 1 aliphatic carbocycles. The predicted octanol–water partition coefficient (Wildman–Crippen LogP) is 1.56. The molecule has 18 heavy (non-hydrogen) atoms. The monoisotopic (exact) mass is 254 g/mol. The first-order valence-corrected chi connectivity index (χ1v) is 7.33. The average molecular weight is 254 g/mol. The van der Waals surface area contributed by atoms with Crippen LogP contribution in [0, 0.1) is 11.8 Å². The molecule has 0 spiro atoms. The number of aliphatic carboxylic acids is 1. The van der Waals surface area contributed by atoms with Crippen molar-refractivity contribution in [3.8, 4) is 0 Å². The Morgan fingerprint density at radius 1 is 1.39 bits per heavy atom. The highest BCUT2D eigenvalue weighted by Crippen LogP contribution is 2.41. The average Bonchev–Trinajstić information content (AvgIpc) is 3.10. The zero-order valence-corrected chi connectivity index (χ0v) is 11.6. The normalized spacial score (nSPS) is 28.2. The molecule has 1 aliphatic heterocycles. The van der Waals surface area contributed by atoms with Gasteiger partial charge in [-0.3, -0.25) is 4.79 Å². The summed E-state index contributed by atoms with van der Waals surface area (Å²) in [6.07, 6.45) is 4.55. The van der Waals surface area contributed by atoms with Gasteiger partial charge in [-0.05, 0) is 44.2 Å². The van der Waals surface area contributed by atoms with Crippen LogP contribution in [0.15, 0.2) is 0 Å². The lowest BCUT2D eigenvalue weighted by Gasteiger charge is -2.34. The maximum Gasteiger partial charge on any atom is 0.325 e. The van der Waals surface area contributed by atoms with Crippen LogP contribution >= 0.6 is 0 Å². The van der Waals surface area contributed by atoms with Crippen LogP contribution in [-0.4, -0.2) is 47.7 Å². The maximum atomic E-state index is 11.7. The summed E-state index contributed by atoms with van der Waals surface area (Å²) in [6.45, 7) is 7.77. The van der Waals surface area contributed by atoms with Crippen LogP contribution in [0.5, 0.6) is 0 Å². The van der Waals surface area contributed by atoms with Crippen LogP contribution in [0.3, 0.4) is 0 Å². The van der Waals surface area contributed by atoms with E-state index in [0.29, 0.717) is 12.5 Å². The molecule has 4 nitrogen and oxygen atoms in total. The summed E-state index contributed by atoms with van der Waals surface area (Å²) in [5.74, 6) is 0.430. The molecule has 2 aliphatic rings. The molecule has 0 bridgehead atoms. The topological polar surface area (TPSA) is 52.6 Å². The number of likely N-dealkylation sites (N-methyl/N-ethyl adjacent to an activating group) is 1. The standard InChI is InChI=1S/C14H26N2O2/c1-3-11-7-8-16(9-11)10-14(13(17)18,15-4-2)12-5-6-12/h11-12,15H,3-10H2,1-2H3,(H,17,18). The summed E-state index contributed by atoms with van der Waals surface area (Å²) >= 11 is 0. The van der Waals surface area contributed by atoms with E-state index in [0.717, 1.165) is 38.4 Å². The number of carbonyl (C=O) groups is 1. The lowest BCUT2D eigenvalue weighted by atomic mass is 9.92. The molecular weight excluding hydrogens is 228 g/mol. The Hall–Kier alpha value is -0.610. The van der Waals surface area contributed by atoms with Crippen molar-refractivity contribution in [2.45, 2.75) is 45.1 Å². The molecule has 2 rings (SSSR count). The van der Waals surface area contributed by atoms with E-state index < -0.39 is 11.5 Å². The van der Waals surface area contributed by atoms with E-state index in [4.69, 9.17) is 0 Å². The van der Waals surface area contributed by atoms with Gasteiger partial charge < -0.3 is 15.3 Å². The minimum absolute atomic E-state index is 0.329. The van der Waals surface area contributed by atoms with Crippen molar-refractivity contribution in [1.29, 1.82) is 0 Å². The third kappa shape index (κ3) is 2.69. The molecule has 2 N–H and O–H groups in total. The van der Waals surface area contributed by atoms with Gasteiger partial charge in [0.25, 0.3) is 0 Å². The van der Waals surface area contributed by atoms with Gasteiger partial charge in [0, 0.05) is 13.1 Å². The van der Waals surface area contributed by atoms with Crippen LogP contribution < -0.4 is 5.32 Å². The molecule has 104 valence electrons. The number of nitrogens with one attached hydrogen (secondary N) is 1. The Morgan fingerprint density at radius 2 is 2.11 bits per heavy atom. The molecule has 0 aromatic heterocycles. The zero-order chi connectivity index (χ0) is 13.2. The zero-order valence-electron chi connectivity index (χ0n) is 11.6. The lowest BCUT2D eigenvalue weighted by molar-refractivity contribution is -0.146. The number of rotatable bonds is 7. The first kappa shape index (κ1) is 13.8. The largest absolute Gasteiger partial charge is 0.480 e. The van der Waals surface area contributed by atoms with Crippen molar-refractivity contribution in [2.75, 3.05) is 26.2 Å². The van der Waals surface area contributed by atoms with Crippen molar-refractivity contribution in [2.24, 2.45) is 11.8 Å². The Labute approximate surface area is 110 Å². The van der Waals surface area contributed by atoms with Crippen molar-refractivity contribution >= 4 is 5.97 Å². The molecule has 0 amide bonds. The number of carboxylic acid groups (broad SMARTS) is 1. The second kappa shape index (κ2) is 5.57. The molecule has 1 saturated carbocycles. The van der Waals surface area contributed by atoms with Crippen LogP contribution in [0.25, 0.3) is 0 Å². The van der Waals surface area contributed by atoms with E-state index in [1.165, 1.54) is 12.8 Å². The second-order valence-corrected chi connectivity index (χ2v) is 5.88. The van der Waals surface area contributed by atoms with Crippen LogP contribution in [0.4, 0.5) is 0 Å². The number of nitrogens with zero attached hydrogens (tertiary/aromatic N) is 1. The molecular formula is C14H26N2O2. The van der Waals surface area contributed by atoms with Gasteiger partial charge in [-0.1, -0.05) is 20.3 Å². The highest BCUT2D eigenvalue weighted by Gasteiger charge is 2.51. The minimum Gasteiger partial charge on any atom is -0.480 e. The number of hydrogen-bond acceptors (Lipinski definition) is 3. The van der Waals surface area contributed by atoms with Gasteiger partial charge >= 0.3 is 5.97 Å². The summed E-state index contributed by atoms with van der Waals surface area (Å²) in [5, 5.41) is 12.9. The first-order valence-electron chi connectivity index (χ1n) is 7.33. The van der Waals surface area contributed by atoms with E-state index >= 15 is 0 Å². The Bertz CT molecular complexity index is 304. The SMILES string of the molecule is CCNC(CN1CCC(CC)C1)(C(=O)O)C1CC1. The summed E-state index contributed by atoms with van der Waals surface area (Å²) in [7, 11) is 0. The van der Waals surface area contributed by atoms with E-state index in [1.807, 2.05) is 6.92 Å². The quantitative estimate of drug-likeness (QED) is 0.724. The van der Waals surface area contributed by atoms with Gasteiger partial charge in [-0.25, -0.2) is 0 Å². The third-order valence-electron chi connectivity index (χ3n) is 4.57. The molecule has 4 heteroatoms. The summed E-state index contributed by atoms with van der Waals surface area (Å²) < 4.78 is 0. The van der Waals surface area contributed by atoms with Gasteiger partial charge in [0.05, 0.1) is 0 Å². The van der Waals surface area contributed by atoms with E-state index in [9.17, 15) is 9.90 Å². The highest BCUT2D eigenvalue weighted by atomic mass is 16.4. The fourth-order valence-electron chi connectivity index (χ4n) is 3.28. The van der Waals surface area contributed by atoms with Gasteiger partial charge in [-0.2, -0.15) is 0 Å². The number of hydrogen-bond donors (Lipinski definition) is 2. The van der Waals surface area contributed by atoms with Gasteiger partial charge in [0.1, 0.15) is 5.54 Å². The smallest absolute Gasteiger partial charge is 0.325 e. The van der Waals surface area contributed by atoms with E-state index in [1.54, 1.807) is 0 Å². The van der Waals surface area contributed by atoms with Crippen LogP contribution in [-0.2, 0) is 4.79 Å². The van der Waals surface area contributed by atoms with Gasteiger partial charge in [-0.15, -0.1) is 0 Å². The van der Waals surface area contributed by atoms with Crippen molar-refractivity contribution in [1.82, 2.24) is 10.2 Å². The van der Waals surface area contributed by atoms with Crippen molar-refractivity contribution < 1.29 is 9.90 Å². The molecule has 0 aromatic carbocycles. The molecule has 0 aromatic rings.